The summed E-state index contributed by atoms with van der Waals surface area (Å²) >= 11 is 1.40. The van der Waals surface area contributed by atoms with E-state index < -0.39 is 0 Å². The zero-order valence-electron chi connectivity index (χ0n) is 9.87. The molecular weight excluding hydrogens is 220 g/mol. The topological polar surface area (TPSA) is 56.0 Å². The lowest BCUT2D eigenvalue weighted by Gasteiger charge is -1.99. The molecule has 0 amide bonds. The van der Waals surface area contributed by atoms with Gasteiger partial charge in [0.15, 0.2) is 5.13 Å². The lowest BCUT2D eigenvalue weighted by molar-refractivity contribution is -0.118. The molecule has 90 valence electrons. The molecule has 1 aromatic rings. The Morgan fingerprint density at radius 2 is 2.12 bits per heavy atom. The summed E-state index contributed by atoms with van der Waals surface area (Å²) in [6, 6.07) is 0. The van der Waals surface area contributed by atoms with Crippen LogP contribution in [-0.4, -0.2) is 10.8 Å². The molecule has 2 N–H and O–H groups in total. The summed E-state index contributed by atoms with van der Waals surface area (Å²) in [7, 11) is 0. The van der Waals surface area contributed by atoms with Crippen LogP contribution in [0.2, 0.25) is 0 Å². The van der Waals surface area contributed by atoms with Crippen LogP contribution in [-0.2, 0) is 11.2 Å². The molecule has 0 bridgehead atoms. The Bertz CT molecular complexity index is 323. The minimum atomic E-state index is 0.279. The minimum Gasteiger partial charge on any atom is -0.375 e. The van der Waals surface area contributed by atoms with Crippen LogP contribution in [0.25, 0.3) is 0 Å². The van der Waals surface area contributed by atoms with Crippen molar-refractivity contribution in [1.82, 2.24) is 4.98 Å². The van der Waals surface area contributed by atoms with Crippen LogP contribution in [0.1, 0.15) is 51.1 Å². The van der Waals surface area contributed by atoms with E-state index in [0.29, 0.717) is 18.0 Å². The number of ketones is 1. The molecule has 0 aromatic carbocycles. The van der Waals surface area contributed by atoms with Crippen LogP contribution >= 0.6 is 11.3 Å². The summed E-state index contributed by atoms with van der Waals surface area (Å²) in [6.45, 7) is 2.19. The van der Waals surface area contributed by atoms with E-state index in [4.69, 9.17) is 5.73 Å². The van der Waals surface area contributed by atoms with Crippen LogP contribution < -0.4 is 5.73 Å². The van der Waals surface area contributed by atoms with Crippen molar-refractivity contribution in [3.8, 4) is 0 Å². The summed E-state index contributed by atoms with van der Waals surface area (Å²) in [5.74, 6) is 0.279. The van der Waals surface area contributed by atoms with Crippen molar-refractivity contribution >= 4 is 22.3 Å². The Labute approximate surface area is 101 Å². The minimum absolute atomic E-state index is 0.279. The number of rotatable bonds is 8. The van der Waals surface area contributed by atoms with Gasteiger partial charge >= 0.3 is 0 Å². The maximum absolute atomic E-state index is 11.6. The quantitative estimate of drug-likeness (QED) is 0.710. The van der Waals surface area contributed by atoms with Crippen LogP contribution in [0.15, 0.2) is 5.38 Å². The van der Waals surface area contributed by atoms with Gasteiger partial charge in [0.1, 0.15) is 5.78 Å². The molecule has 0 spiro atoms. The van der Waals surface area contributed by atoms with Crippen molar-refractivity contribution in [2.75, 3.05) is 5.73 Å². The number of anilines is 1. The van der Waals surface area contributed by atoms with E-state index in [2.05, 4.69) is 11.9 Å². The number of hydrogen-bond acceptors (Lipinski definition) is 4. The van der Waals surface area contributed by atoms with Crippen molar-refractivity contribution < 1.29 is 4.79 Å². The molecule has 1 aromatic heterocycles. The van der Waals surface area contributed by atoms with Crippen molar-refractivity contribution in [3.05, 3.63) is 11.1 Å². The fourth-order valence-electron chi connectivity index (χ4n) is 1.62. The van der Waals surface area contributed by atoms with E-state index in [-0.39, 0.29) is 5.78 Å². The lowest BCUT2D eigenvalue weighted by atomic mass is 10.1. The van der Waals surface area contributed by atoms with Gasteiger partial charge in [-0.15, -0.1) is 11.3 Å². The number of Topliss-reactive ketones (excluding diaryl/α,β-unsaturated/α-hetero) is 1. The highest BCUT2D eigenvalue weighted by atomic mass is 32.1. The lowest BCUT2D eigenvalue weighted by Crippen LogP contribution is -2.03. The average Bonchev–Trinajstić information content (AvgIpc) is 2.63. The summed E-state index contributed by atoms with van der Waals surface area (Å²) in [4.78, 5) is 15.7. The molecule has 16 heavy (non-hydrogen) atoms. The summed E-state index contributed by atoms with van der Waals surface area (Å²) in [5, 5.41) is 2.41. The first-order chi connectivity index (χ1) is 7.72. The zero-order chi connectivity index (χ0) is 11.8. The van der Waals surface area contributed by atoms with E-state index in [9.17, 15) is 4.79 Å². The van der Waals surface area contributed by atoms with Gasteiger partial charge in [0, 0.05) is 18.2 Å². The van der Waals surface area contributed by atoms with Crippen molar-refractivity contribution in [2.45, 2.75) is 51.9 Å². The maximum atomic E-state index is 11.6. The first kappa shape index (κ1) is 13.2. The van der Waals surface area contributed by atoms with Gasteiger partial charge in [-0.1, -0.05) is 32.6 Å². The molecule has 0 aliphatic heterocycles. The third-order valence-electron chi connectivity index (χ3n) is 2.51. The number of unbranched alkanes of at least 4 members (excludes halogenated alkanes) is 4. The second kappa shape index (κ2) is 7.39. The Balaban J connectivity index is 2.11. The highest BCUT2D eigenvalue weighted by molar-refractivity contribution is 7.13. The van der Waals surface area contributed by atoms with E-state index in [1.165, 1.54) is 37.0 Å². The number of thiazole rings is 1. The van der Waals surface area contributed by atoms with Gasteiger partial charge in [-0.05, 0) is 6.42 Å². The van der Waals surface area contributed by atoms with Crippen molar-refractivity contribution in [2.24, 2.45) is 0 Å². The normalized spacial score (nSPS) is 10.6. The van der Waals surface area contributed by atoms with Gasteiger partial charge in [0.05, 0.1) is 5.69 Å². The second-order valence-corrected chi connectivity index (χ2v) is 4.95. The molecular formula is C12H20N2OS. The fraction of sp³-hybridized carbons (Fsp3) is 0.667. The molecule has 0 aliphatic carbocycles. The molecule has 1 rings (SSSR count). The summed E-state index contributed by atoms with van der Waals surface area (Å²) < 4.78 is 0. The van der Waals surface area contributed by atoms with Crippen molar-refractivity contribution in [1.29, 1.82) is 0 Å². The molecule has 0 fully saturated rings. The molecule has 0 saturated heterocycles. The number of nitrogens with two attached hydrogens (primary N) is 1. The van der Waals surface area contributed by atoms with Gasteiger partial charge in [0.2, 0.25) is 0 Å². The Kier molecular flexibility index (Phi) is 6.08. The van der Waals surface area contributed by atoms with Crippen LogP contribution in [0.4, 0.5) is 5.13 Å². The molecule has 3 nitrogen and oxygen atoms in total. The Hall–Kier alpha value is -0.900. The van der Waals surface area contributed by atoms with Gasteiger partial charge < -0.3 is 5.73 Å². The first-order valence-electron chi connectivity index (χ1n) is 5.94. The third kappa shape index (κ3) is 5.26. The number of hydrogen-bond donors (Lipinski definition) is 1. The molecule has 4 heteroatoms. The highest BCUT2D eigenvalue weighted by Crippen LogP contribution is 2.13. The van der Waals surface area contributed by atoms with Crippen LogP contribution in [0, 0.1) is 0 Å². The average molecular weight is 240 g/mol. The van der Waals surface area contributed by atoms with E-state index in [1.807, 2.05) is 5.38 Å². The van der Waals surface area contributed by atoms with Gasteiger partial charge in [-0.3, -0.25) is 4.79 Å². The second-order valence-electron chi connectivity index (χ2n) is 4.06. The zero-order valence-corrected chi connectivity index (χ0v) is 10.7. The van der Waals surface area contributed by atoms with Gasteiger partial charge in [-0.25, -0.2) is 4.98 Å². The number of nitrogens with zero attached hydrogens (tertiary/aromatic N) is 1. The Morgan fingerprint density at radius 3 is 2.75 bits per heavy atom. The monoisotopic (exact) mass is 240 g/mol. The predicted molar refractivity (Wildman–Crippen MR) is 68.6 cm³/mol. The number of aromatic nitrogens is 1. The Morgan fingerprint density at radius 1 is 1.38 bits per heavy atom. The van der Waals surface area contributed by atoms with E-state index >= 15 is 0 Å². The largest absolute Gasteiger partial charge is 0.375 e. The molecule has 0 radical (unpaired) electrons. The molecule has 0 unspecified atom stereocenters. The molecule has 0 saturated carbocycles. The highest BCUT2D eigenvalue weighted by Gasteiger charge is 2.06. The van der Waals surface area contributed by atoms with Crippen LogP contribution in [0.5, 0.6) is 0 Å². The smallest absolute Gasteiger partial charge is 0.180 e. The first-order valence-corrected chi connectivity index (χ1v) is 6.82. The number of carbonyl (C=O) groups is 1. The van der Waals surface area contributed by atoms with Crippen molar-refractivity contribution in [3.63, 3.8) is 0 Å². The summed E-state index contributed by atoms with van der Waals surface area (Å²) in [6.07, 6.45) is 7.07. The molecule has 1 heterocycles. The van der Waals surface area contributed by atoms with Gasteiger partial charge in [-0.2, -0.15) is 0 Å². The summed E-state index contributed by atoms with van der Waals surface area (Å²) in [5.41, 5.74) is 6.33. The molecule has 0 atom stereocenters. The third-order valence-corrected chi connectivity index (χ3v) is 3.23. The van der Waals surface area contributed by atoms with Gasteiger partial charge in [0.25, 0.3) is 0 Å². The number of carbonyl (C=O) groups excluding carboxylic acids is 1. The van der Waals surface area contributed by atoms with Crippen LogP contribution in [0.3, 0.4) is 0 Å². The number of nitrogen functional groups attached to an aromatic ring is 1. The van der Waals surface area contributed by atoms with E-state index in [1.54, 1.807) is 0 Å². The SMILES string of the molecule is CCCCCCCC(=O)Cc1csc(N)n1. The predicted octanol–water partition coefficient (Wildman–Crippen LogP) is 3.20. The van der Waals surface area contributed by atoms with E-state index in [0.717, 1.165) is 12.1 Å². The maximum Gasteiger partial charge on any atom is 0.180 e. The molecule has 0 aliphatic rings. The standard InChI is InChI=1S/C12H20N2OS/c1-2-3-4-5-6-7-11(15)8-10-9-16-12(13)14-10/h9H,2-8H2,1H3,(H2,13,14). The fourth-order valence-corrected chi connectivity index (χ4v) is 2.18.